The Morgan fingerprint density at radius 1 is 1.28 bits per heavy atom. The first-order valence-corrected chi connectivity index (χ1v) is 10.9. The number of benzene rings is 1. The fraction of sp³-hybridized carbons (Fsp3) is 0.429. The zero-order valence-electron chi connectivity index (χ0n) is 16.1. The van der Waals surface area contributed by atoms with E-state index in [9.17, 15) is 4.79 Å². The molecule has 5 rings (SSSR count). The fourth-order valence-corrected chi connectivity index (χ4v) is 5.13. The number of anilines is 2. The third-order valence-corrected chi connectivity index (χ3v) is 6.75. The SMILES string of the molecule is N#Cc1csc(N2CCN(Cc3ccc4c(c3)NC(=O)C3CCCN=C43)CC2)n1. The van der Waals surface area contributed by atoms with E-state index in [1.807, 2.05) is 5.38 Å². The zero-order valence-corrected chi connectivity index (χ0v) is 16.9. The van der Waals surface area contributed by atoms with Crippen molar-refractivity contribution in [1.29, 1.82) is 5.26 Å². The van der Waals surface area contributed by atoms with E-state index in [4.69, 9.17) is 5.26 Å². The maximum Gasteiger partial charge on any atom is 0.233 e. The van der Waals surface area contributed by atoms with Crippen LogP contribution in [0.25, 0.3) is 0 Å². The second-order valence-electron chi connectivity index (χ2n) is 7.72. The highest BCUT2D eigenvalue weighted by atomic mass is 32.1. The normalized spacial score (nSPS) is 21.6. The molecule has 0 saturated carbocycles. The molecule has 8 heteroatoms. The van der Waals surface area contributed by atoms with Crippen LogP contribution in [0.2, 0.25) is 0 Å². The number of fused-ring (bicyclic) bond motifs is 3. The topological polar surface area (TPSA) is 84.6 Å². The first-order chi connectivity index (χ1) is 14.2. The van der Waals surface area contributed by atoms with Crippen LogP contribution in [0.15, 0.2) is 28.6 Å². The molecule has 7 nitrogen and oxygen atoms in total. The van der Waals surface area contributed by atoms with Gasteiger partial charge in [-0.1, -0.05) is 12.1 Å². The van der Waals surface area contributed by atoms with Crippen molar-refractivity contribution in [1.82, 2.24) is 9.88 Å². The first-order valence-electron chi connectivity index (χ1n) is 10.0. The van der Waals surface area contributed by atoms with Crippen LogP contribution < -0.4 is 10.2 Å². The van der Waals surface area contributed by atoms with Gasteiger partial charge < -0.3 is 10.2 Å². The van der Waals surface area contributed by atoms with E-state index in [-0.39, 0.29) is 11.8 Å². The molecule has 29 heavy (non-hydrogen) atoms. The molecule has 0 radical (unpaired) electrons. The van der Waals surface area contributed by atoms with E-state index in [0.29, 0.717) is 5.69 Å². The number of nitrogens with one attached hydrogen (secondary N) is 1. The average Bonchev–Trinajstić information content (AvgIpc) is 3.24. The monoisotopic (exact) mass is 406 g/mol. The summed E-state index contributed by atoms with van der Waals surface area (Å²) in [5.41, 5.74) is 4.65. The molecule has 0 aliphatic carbocycles. The maximum atomic E-state index is 12.5. The van der Waals surface area contributed by atoms with E-state index in [2.05, 4.69) is 49.4 Å². The molecule has 1 amide bonds. The number of carbonyl (C=O) groups excluding carboxylic acids is 1. The van der Waals surface area contributed by atoms with Crippen LogP contribution in [0.5, 0.6) is 0 Å². The lowest BCUT2D eigenvalue weighted by Gasteiger charge is -2.35. The summed E-state index contributed by atoms with van der Waals surface area (Å²) in [6.45, 7) is 5.37. The zero-order chi connectivity index (χ0) is 19.8. The molecule has 1 atom stereocenters. The van der Waals surface area contributed by atoms with Crippen molar-refractivity contribution < 1.29 is 4.79 Å². The van der Waals surface area contributed by atoms with Gasteiger partial charge in [0.25, 0.3) is 0 Å². The highest BCUT2D eigenvalue weighted by Crippen LogP contribution is 2.32. The Hall–Kier alpha value is -2.76. The molecule has 3 aliphatic heterocycles. The van der Waals surface area contributed by atoms with Gasteiger partial charge in [0.2, 0.25) is 5.91 Å². The van der Waals surface area contributed by atoms with Crippen LogP contribution in [-0.4, -0.2) is 54.2 Å². The predicted octanol–water partition coefficient (Wildman–Crippen LogP) is 2.49. The van der Waals surface area contributed by atoms with Crippen molar-refractivity contribution in [3.8, 4) is 6.07 Å². The lowest BCUT2D eigenvalue weighted by molar-refractivity contribution is -0.118. The molecule has 1 aromatic carbocycles. The molecule has 1 aromatic heterocycles. The quantitative estimate of drug-likeness (QED) is 0.847. The van der Waals surface area contributed by atoms with Gasteiger partial charge in [0.1, 0.15) is 6.07 Å². The van der Waals surface area contributed by atoms with Crippen LogP contribution in [0.3, 0.4) is 0 Å². The number of hydrogen-bond donors (Lipinski definition) is 1. The van der Waals surface area contributed by atoms with Gasteiger partial charge in [-0.3, -0.25) is 14.7 Å². The Kier molecular flexibility index (Phi) is 4.78. The summed E-state index contributed by atoms with van der Waals surface area (Å²) in [6, 6.07) is 8.49. The highest BCUT2D eigenvalue weighted by Gasteiger charge is 2.33. The summed E-state index contributed by atoms with van der Waals surface area (Å²) in [5.74, 6) is 0.00416. The molecular weight excluding hydrogens is 384 g/mol. The number of nitrogens with zero attached hydrogens (tertiary/aromatic N) is 5. The Labute approximate surface area is 173 Å². The van der Waals surface area contributed by atoms with E-state index < -0.39 is 0 Å². The number of aliphatic imine (C=N–C) groups is 1. The van der Waals surface area contributed by atoms with Gasteiger partial charge in [-0.25, -0.2) is 4.98 Å². The molecular formula is C21H22N6OS. The second kappa shape index (κ2) is 7.58. The molecule has 0 spiro atoms. The minimum Gasteiger partial charge on any atom is -0.345 e. The van der Waals surface area contributed by atoms with Crippen LogP contribution in [0.1, 0.15) is 29.7 Å². The molecule has 1 unspecified atom stereocenters. The van der Waals surface area contributed by atoms with Crippen molar-refractivity contribution >= 4 is 33.8 Å². The molecule has 2 aromatic rings. The second-order valence-corrected chi connectivity index (χ2v) is 8.56. The summed E-state index contributed by atoms with van der Waals surface area (Å²) in [5, 5.41) is 14.8. The number of piperazine rings is 1. The molecule has 1 N–H and O–H groups in total. The Morgan fingerprint density at radius 2 is 2.14 bits per heavy atom. The summed E-state index contributed by atoms with van der Waals surface area (Å²) in [4.78, 5) is 26.1. The van der Waals surface area contributed by atoms with Gasteiger partial charge in [-0.15, -0.1) is 11.3 Å². The molecule has 148 valence electrons. The number of hydrogen-bond acceptors (Lipinski definition) is 7. The minimum atomic E-state index is -0.0809. The lowest BCUT2D eigenvalue weighted by Crippen LogP contribution is -2.46. The summed E-state index contributed by atoms with van der Waals surface area (Å²) in [7, 11) is 0. The first kappa shape index (κ1) is 18.3. The number of nitriles is 1. The average molecular weight is 407 g/mol. The molecule has 3 aliphatic rings. The molecule has 0 bridgehead atoms. The Morgan fingerprint density at radius 3 is 2.93 bits per heavy atom. The summed E-state index contributed by atoms with van der Waals surface area (Å²) < 4.78 is 0. The Balaban J connectivity index is 1.25. The van der Waals surface area contributed by atoms with Crippen LogP contribution in [0.4, 0.5) is 10.8 Å². The van der Waals surface area contributed by atoms with Crippen LogP contribution in [-0.2, 0) is 11.3 Å². The van der Waals surface area contributed by atoms with Crippen molar-refractivity contribution in [3.63, 3.8) is 0 Å². The van der Waals surface area contributed by atoms with Crippen molar-refractivity contribution in [2.24, 2.45) is 10.9 Å². The van der Waals surface area contributed by atoms with Crippen molar-refractivity contribution in [3.05, 3.63) is 40.4 Å². The summed E-state index contributed by atoms with van der Waals surface area (Å²) in [6.07, 6.45) is 1.88. The third kappa shape index (κ3) is 3.52. The summed E-state index contributed by atoms with van der Waals surface area (Å²) >= 11 is 1.53. The molecule has 4 heterocycles. The number of amides is 1. The molecule has 1 fully saturated rings. The maximum absolute atomic E-state index is 12.5. The predicted molar refractivity (Wildman–Crippen MR) is 114 cm³/mol. The van der Waals surface area contributed by atoms with E-state index in [1.165, 1.54) is 16.9 Å². The Bertz CT molecular complexity index is 1010. The largest absolute Gasteiger partial charge is 0.345 e. The van der Waals surface area contributed by atoms with E-state index >= 15 is 0 Å². The van der Waals surface area contributed by atoms with Gasteiger partial charge in [-0.2, -0.15) is 5.26 Å². The lowest BCUT2D eigenvalue weighted by atomic mass is 9.85. The van der Waals surface area contributed by atoms with Gasteiger partial charge in [0.05, 0.1) is 17.3 Å². The fourth-order valence-electron chi connectivity index (χ4n) is 4.32. The van der Waals surface area contributed by atoms with E-state index in [0.717, 1.165) is 74.2 Å². The highest BCUT2D eigenvalue weighted by molar-refractivity contribution is 7.13. The number of thiazole rings is 1. The van der Waals surface area contributed by atoms with Gasteiger partial charge in [-0.05, 0) is 24.5 Å². The molecule has 1 saturated heterocycles. The van der Waals surface area contributed by atoms with Gasteiger partial charge in [0, 0.05) is 50.2 Å². The number of carbonyl (C=O) groups is 1. The van der Waals surface area contributed by atoms with Gasteiger partial charge in [0.15, 0.2) is 10.8 Å². The van der Waals surface area contributed by atoms with E-state index in [1.54, 1.807) is 0 Å². The standard InChI is InChI=1S/C21H22N6OS/c22-11-15-13-29-21(24-15)27-8-6-26(7-9-27)12-14-3-4-16-18(10-14)25-20(28)17-2-1-5-23-19(16)17/h3-4,10,13,17H,1-2,5-9,12H2,(H,25,28). The smallest absolute Gasteiger partial charge is 0.233 e. The number of aromatic nitrogens is 1. The number of rotatable bonds is 3. The van der Waals surface area contributed by atoms with Crippen molar-refractivity contribution in [2.75, 3.05) is 42.9 Å². The van der Waals surface area contributed by atoms with Gasteiger partial charge >= 0.3 is 0 Å². The van der Waals surface area contributed by atoms with Crippen LogP contribution >= 0.6 is 11.3 Å². The minimum absolute atomic E-state index is 0.0809. The third-order valence-electron chi connectivity index (χ3n) is 5.85. The van der Waals surface area contributed by atoms with Crippen LogP contribution in [0, 0.1) is 17.2 Å². The van der Waals surface area contributed by atoms with Crippen molar-refractivity contribution in [2.45, 2.75) is 19.4 Å².